The fourth-order valence-electron chi connectivity index (χ4n) is 3.72. The van der Waals surface area contributed by atoms with E-state index in [9.17, 15) is 19.2 Å². The summed E-state index contributed by atoms with van der Waals surface area (Å²) < 4.78 is 16.0. The van der Waals surface area contributed by atoms with Crippen molar-refractivity contribution in [1.82, 2.24) is 10.6 Å². The van der Waals surface area contributed by atoms with Gasteiger partial charge < -0.3 is 24.8 Å². The Hall–Kier alpha value is -4.66. The van der Waals surface area contributed by atoms with Gasteiger partial charge in [-0.15, -0.1) is 0 Å². The first-order valence-electron chi connectivity index (χ1n) is 12.5. The molecular weight excluding hydrogens is 500 g/mol. The van der Waals surface area contributed by atoms with Gasteiger partial charge in [-0.1, -0.05) is 91.0 Å². The van der Waals surface area contributed by atoms with Crippen LogP contribution in [0, 0.1) is 0 Å². The normalized spacial score (nSPS) is 12.8. The summed E-state index contributed by atoms with van der Waals surface area (Å²) in [4.78, 5) is 50.4. The molecule has 9 heteroatoms. The van der Waals surface area contributed by atoms with Crippen molar-refractivity contribution in [1.29, 1.82) is 0 Å². The Balaban J connectivity index is 1.70. The molecule has 3 aromatic carbocycles. The van der Waals surface area contributed by atoms with Crippen molar-refractivity contribution in [3.63, 3.8) is 0 Å². The highest BCUT2D eigenvalue weighted by Gasteiger charge is 2.35. The Morgan fingerprint density at radius 1 is 0.692 bits per heavy atom. The number of carbonyl (C=O) groups is 4. The number of rotatable bonds is 12. The van der Waals surface area contributed by atoms with Crippen molar-refractivity contribution >= 4 is 23.9 Å². The zero-order chi connectivity index (χ0) is 28.0. The molecule has 9 nitrogen and oxygen atoms in total. The molecule has 0 radical (unpaired) electrons. The fourth-order valence-corrected chi connectivity index (χ4v) is 3.72. The number of esters is 2. The predicted molar refractivity (Wildman–Crippen MR) is 143 cm³/mol. The number of ether oxygens (including phenoxy) is 3. The lowest BCUT2D eigenvalue weighted by Gasteiger charge is -2.27. The first-order chi connectivity index (χ1) is 18.8. The van der Waals surface area contributed by atoms with Gasteiger partial charge in [-0.25, -0.2) is 9.59 Å². The topological polar surface area (TPSA) is 120 Å². The van der Waals surface area contributed by atoms with Gasteiger partial charge in [-0.05, 0) is 30.0 Å². The molecule has 0 aliphatic heterocycles. The van der Waals surface area contributed by atoms with Crippen molar-refractivity contribution in [2.75, 3.05) is 0 Å². The highest BCUT2D eigenvalue weighted by molar-refractivity contribution is 5.89. The average Bonchev–Trinajstić information content (AvgIpc) is 2.94. The van der Waals surface area contributed by atoms with Crippen molar-refractivity contribution in [3.05, 3.63) is 108 Å². The van der Waals surface area contributed by atoms with E-state index in [-0.39, 0.29) is 19.6 Å². The first kappa shape index (κ1) is 28.9. The molecule has 0 heterocycles. The number of carbonyl (C=O) groups excluding carboxylic acids is 4. The lowest BCUT2D eigenvalue weighted by Crippen LogP contribution is -2.55. The molecule has 0 saturated heterocycles. The predicted octanol–water partition coefficient (Wildman–Crippen LogP) is 3.70. The van der Waals surface area contributed by atoms with Crippen LogP contribution in [-0.4, -0.2) is 42.1 Å². The number of hydrogen-bond donors (Lipinski definition) is 2. The molecule has 0 aromatic heterocycles. The van der Waals surface area contributed by atoms with Crippen LogP contribution in [0.3, 0.4) is 0 Å². The zero-order valence-corrected chi connectivity index (χ0v) is 21.9. The van der Waals surface area contributed by atoms with E-state index in [1.165, 1.54) is 6.92 Å². The molecule has 0 aliphatic carbocycles. The Morgan fingerprint density at radius 2 is 1.18 bits per heavy atom. The monoisotopic (exact) mass is 532 g/mol. The molecule has 0 aliphatic rings. The molecule has 3 atom stereocenters. The second-order valence-corrected chi connectivity index (χ2v) is 8.86. The van der Waals surface area contributed by atoms with Crippen LogP contribution in [0.4, 0.5) is 4.79 Å². The van der Waals surface area contributed by atoms with Crippen LogP contribution in [-0.2, 0) is 48.2 Å². The summed E-state index contributed by atoms with van der Waals surface area (Å²) in [6.45, 7) is 2.67. The average molecular weight is 533 g/mol. The van der Waals surface area contributed by atoms with Crippen molar-refractivity contribution in [2.24, 2.45) is 0 Å². The largest absolute Gasteiger partial charge is 0.459 e. The summed E-state index contributed by atoms with van der Waals surface area (Å²) in [5, 5.41) is 5.19. The summed E-state index contributed by atoms with van der Waals surface area (Å²) in [5.74, 6) is -2.16. The van der Waals surface area contributed by atoms with Gasteiger partial charge in [-0.2, -0.15) is 0 Å². The second kappa shape index (κ2) is 14.9. The summed E-state index contributed by atoms with van der Waals surface area (Å²) >= 11 is 0. The van der Waals surface area contributed by atoms with Crippen molar-refractivity contribution in [3.8, 4) is 0 Å². The summed E-state index contributed by atoms with van der Waals surface area (Å²) in [6.07, 6.45) is -2.09. The third-order valence-electron chi connectivity index (χ3n) is 5.67. The molecule has 204 valence electrons. The molecule has 3 rings (SSSR count). The maximum absolute atomic E-state index is 13.3. The minimum absolute atomic E-state index is 0.0133. The zero-order valence-electron chi connectivity index (χ0n) is 21.9. The molecule has 0 unspecified atom stereocenters. The minimum Gasteiger partial charge on any atom is -0.459 e. The quantitative estimate of drug-likeness (QED) is 0.270. The van der Waals surface area contributed by atoms with E-state index < -0.39 is 42.1 Å². The van der Waals surface area contributed by atoms with E-state index in [2.05, 4.69) is 10.6 Å². The van der Waals surface area contributed by atoms with Gasteiger partial charge in [0.25, 0.3) is 5.91 Å². The number of alkyl carbamates (subject to hydrolysis) is 1. The Labute approximate surface area is 227 Å². The third-order valence-corrected chi connectivity index (χ3v) is 5.67. The molecule has 2 N–H and O–H groups in total. The van der Waals surface area contributed by atoms with Gasteiger partial charge in [-0.3, -0.25) is 9.59 Å². The lowest BCUT2D eigenvalue weighted by molar-refractivity contribution is -0.157. The highest BCUT2D eigenvalue weighted by Crippen LogP contribution is 2.12. The van der Waals surface area contributed by atoms with Crippen LogP contribution >= 0.6 is 0 Å². The van der Waals surface area contributed by atoms with Gasteiger partial charge in [0.05, 0.1) is 6.04 Å². The van der Waals surface area contributed by atoms with Crippen molar-refractivity contribution in [2.45, 2.75) is 51.7 Å². The SMILES string of the molecule is CC(=O)O[C@@H](C(=O)N[C@@H](C)C(=O)OCc1ccccc1)[C@H](Cc1ccccc1)NC(=O)OCc1ccccc1. The molecule has 39 heavy (non-hydrogen) atoms. The lowest BCUT2D eigenvalue weighted by atomic mass is 10.00. The van der Waals surface area contributed by atoms with Crippen LogP contribution in [0.5, 0.6) is 0 Å². The minimum atomic E-state index is -1.45. The van der Waals surface area contributed by atoms with E-state index in [4.69, 9.17) is 14.2 Å². The van der Waals surface area contributed by atoms with E-state index in [1.54, 1.807) is 0 Å². The van der Waals surface area contributed by atoms with Gasteiger partial charge in [0, 0.05) is 6.92 Å². The molecule has 0 saturated carbocycles. The highest BCUT2D eigenvalue weighted by atomic mass is 16.6. The molecule has 0 fully saturated rings. The Bertz CT molecular complexity index is 1220. The number of benzene rings is 3. The number of nitrogens with one attached hydrogen (secondary N) is 2. The third kappa shape index (κ3) is 9.96. The fraction of sp³-hybridized carbons (Fsp3) is 0.267. The van der Waals surface area contributed by atoms with Gasteiger partial charge in [0.15, 0.2) is 0 Å². The molecule has 0 spiro atoms. The maximum Gasteiger partial charge on any atom is 0.407 e. The summed E-state index contributed by atoms with van der Waals surface area (Å²) in [6, 6.07) is 25.3. The Kier molecular flexibility index (Phi) is 11.1. The molecule has 2 amide bonds. The first-order valence-corrected chi connectivity index (χ1v) is 12.5. The second-order valence-electron chi connectivity index (χ2n) is 8.86. The number of hydrogen-bond acceptors (Lipinski definition) is 7. The van der Waals surface area contributed by atoms with E-state index in [1.807, 2.05) is 91.0 Å². The van der Waals surface area contributed by atoms with E-state index in [0.717, 1.165) is 23.6 Å². The standard InChI is InChI=1S/C30H32N2O7/c1-21(29(35)37-19-24-14-8-4-9-15-24)31-28(34)27(39-22(2)33)26(18-23-12-6-3-7-13-23)32-30(36)38-20-25-16-10-5-11-17-25/h3-17,21,26-27H,18-20H2,1-2H3,(H,31,34)(H,32,36)/t21-,26-,27+/m0/s1. The van der Waals surface area contributed by atoms with E-state index >= 15 is 0 Å². The molecule has 3 aromatic rings. The summed E-state index contributed by atoms with van der Waals surface area (Å²) in [5.41, 5.74) is 2.36. The van der Waals surface area contributed by atoms with Crippen molar-refractivity contribution < 1.29 is 33.4 Å². The van der Waals surface area contributed by atoms with Crippen LogP contribution in [0.2, 0.25) is 0 Å². The van der Waals surface area contributed by atoms with Crippen LogP contribution in [0.25, 0.3) is 0 Å². The summed E-state index contributed by atoms with van der Waals surface area (Å²) in [7, 11) is 0. The molecule has 0 bridgehead atoms. The number of amides is 2. The smallest absolute Gasteiger partial charge is 0.407 e. The maximum atomic E-state index is 13.3. The van der Waals surface area contributed by atoms with Crippen LogP contribution < -0.4 is 10.6 Å². The van der Waals surface area contributed by atoms with Crippen LogP contribution in [0.15, 0.2) is 91.0 Å². The Morgan fingerprint density at radius 3 is 1.69 bits per heavy atom. The van der Waals surface area contributed by atoms with Crippen LogP contribution in [0.1, 0.15) is 30.5 Å². The van der Waals surface area contributed by atoms with E-state index in [0.29, 0.717) is 0 Å². The van der Waals surface area contributed by atoms with Gasteiger partial charge in [0.1, 0.15) is 19.3 Å². The van der Waals surface area contributed by atoms with Gasteiger partial charge >= 0.3 is 18.0 Å². The van der Waals surface area contributed by atoms with Gasteiger partial charge in [0.2, 0.25) is 6.10 Å². The molecular formula is C30H32N2O7.